The van der Waals surface area contributed by atoms with Gasteiger partial charge in [0.15, 0.2) is 0 Å². The highest BCUT2D eigenvalue weighted by molar-refractivity contribution is 7.12. The standard InChI is InChI=1S/C16H21NO2S/c1-4-14(17)16(15-9-8-11(2)20-15)19-13-7-5-6-12(10-13)18-3/h5-10,14,16H,4,17H2,1-3H3. The van der Waals surface area contributed by atoms with E-state index in [-0.39, 0.29) is 12.1 Å². The van der Waals surface area contributed by atoms with E-state index in [0.29, 0.717) is 0 Å². The third-order valence-corrected chi connectivity index (χ3v) is 4.27. The zero-order valence-corrected chi connectivity index (χ0v) is 12.9. The molecule has 1 aromatic heterocycles. The second kappa shape index (κ2) is 6.77. The van der Waals surface area contributed by atoms with Gasteiger partial charge in [0.1, 0.15) is 17.6 Å². The van der Waals surface area contributed by atoms with Crippen molar-refractivity contribution in [1.82, 2.24) is 0 Å². The van der Waals surface area contributed by atoms with Crippen LogP contribution in [0.25, 0.3) is 0 Å². The van der Waals surface area contributed by atoms with Gasteiger partial charge in [0.05, 0.1) is 7.11 Å². The molecule has 0 fully saturated rings. The number of rotatable bonds is 6. The quantitative estimate of drug-likeness (QED) is 0.877. The number of benzene rings is 1. The van der Waals surface area contributed by atoms with E-state index < -0.39 is 0 Å². The van der Waals surface area contributed by atoms with E-state index in [1.807, 2.05) is 24.3 Å². The van der Waals surface area contributed by atoms with Gasteiger partial charge in [-0.25, -0.2) is 0 Å². The van der Waals surface area contributed by atoms with Crippen molar-refractivity contribution in [3.8, 4) is 11.5 Å². The first-order valence-electron chi connectivity index (χ1n) is 6.76. The molecule has 2 unspecified atom stereocenters. The highest BCUT2D eigenvalue weighted by atomic mass is 32.1. The largest absolute Gasteiger partial charge is 0.497 e. The van der Waals surface area contributed by atoms with Gasteiger partial charge in [-0.15, -0.1) is 11.3 Å². The number of hydrogen-bond acceptors (Lipinski definition) is 4. The molecule has 0 saturated carbocycles. The molecule has 2 rings (SSSR count). The molecule has 20 heavy (non-hydrogen) atoms. The second-order valence-electron chi connectivity index (χ2n) is 4.74. The summed E-state index contributed by atoms with van der Waals surface area (Å²) in [6.45, 7) is 4.17. The van der Waals surface area contributed by atoms with Crippen LogP contribution in [0.3, 0.4) is 0 Å². The summed E-state index contributed by atoms with van der Waals surface area (Å²) in [6, 6.07) is 11.8. The third-order valence-electron chi connectivity index (χ3n) is 3.21. The van der Waals surface area contributed by atoms with E-state index in [9.17, 15) is 0 Å². The van der Waals surface area contributed by atoms with Crippen LogP contribution >= 0.6 is 11.3 Å². The summed E-state index contributed by atoms with van der Waals surface area (Å²) < 4.78 is 11.3. The van der Waals surface area contributed by atoms with Gasteiger partial charge in [-0.2, -0.15) is 0 Å². The maximum atomic E-state index is 6.23. The first kappa shape index (κ1) is 14.9. The van der Waals surface area contributed by atoms with Crippen LogP contribution in [0.1, 0.15) is 29.2 Å². The Morgan fingerprint density at radius 3 is 2.55 bits per heavy atom. The molecule has 2 atom stereocenters. The molecule has 0 saturated heterocycles. The maximum absolute atomic E-state index is 6.23. The minimum Gasteiger partial charge on any atom is -0.497 e. The van der Waals surface area contributed by atoms with E-state index in [1.54, 1.807) is 18.4 Å². The molecule has 4 heteroatoms. The molecule has 0 aliphatic rings. The Morgan fingerprint density at radius 2 is 1.95 bits per heavy atom. The predicted octanol–water partition coefficient (Wildman–Crippen LogP) is 3.92. The van der Waals surface area contributed by atoms with E-state index in [4.69, 9.17) is 15.2 Å². The van der Waals surface area contributed by atoms with Crippen molar-refractivity contribution in [2.75, 3.05) is 7.11 Å². The zero-order valence-electron chi connectivity index (χ0n) is 12.1. The number of thiophene rings is 1. The first-order valence-corrected chi connectivity index (χ1v) is 7.58. The van der Waals surface area contributed by atoms with Crippen LogP contribution < -0.4 is 15.2 Å². The van der Waals surface area contributed by atoms with E-state index in [0.717, 1.165) is 17.9 Å². The highest BCUT2D eigenvalue weighted by Crippen LogP contribution is 2.31. The number of hydrogen-bond donors (Lipinski definition) is 1. The Morgan fingerprint density at radius 1 is 1.20 bits per heavy atom. The smallest absolute Gasteiger partial charge is 0.148 e. The van der Waals surface area contributed by atoms with Gasteiger partial charge >= 0.3 is 0 Å². The van der Waals surface area contributed by atoms with Gasteiger partial charge < -0.3 is 15.2 Å². The summed E-state index contributed by atoms with van der Waals surface area (Å²) in [5.41, 5.74) is 6.23. The van der Waals surface area contributed by atoms with Gasteiger partial charge in [-0.1, -0.05) is 13.0 Å². The Labute approximate surface area is 124 Å². The molecular formula is C16H21NO2S. The molecule has 1 aromatic carbocycles. The lowest BCUT2D eigenvalue weighted by Gasteiger charge is -2.23. The van der Waals surface area contributed by atoms with Crippen LogP contribution in [0.2, 0.25) is 0 Å². The summed E-state index contributed by atoms with van der Waals surface area (Å²) >= 11 is 1.73. The average Bonchev–Trinajstić information content (AvgIpc) is 2.90. The molecule has 2 N–H and O–H groups in total. The summed E-state index contributed by atoms with van der Waals surface area (Å²) in [7, 11) is 1.65. The molecule has 0 spiro atoms. The molecule has 108 valence electrons. The minimum absolute atomic E-state index is 0.0285. The molecule has 0 radical (unpaired) electrons. The summed E-state index contributed by atoms with van der Waals surface area (Å²) in [6.07, 6.45) is 0.747. The van der Waals surface area contributed by atoms with Crippen molar-refractivity contribution in [3.05, 3.63) is 46.2 Å². The Balaban J connectivity index is 2.23. The first-order chi connectivity index (χ1) is 9.63. The lowest BCUT2D eigenvalue weighted by Crippen LogP contribution is -2.30. The summed E-state index contributed by atoms with van der Waals surface area (Å²) in [4.78, 5) is 2.43. The van der Waals surface area contributed by atoms with Crippen LogP contribution in [-0.2, 0) is 0 Å². The molecule has 1 heterocycles. The van der Waals surface area contributed by atoms with Crippen LogP contribution in [0.15, 0.2) is 36.4 Å². The van der Waals surface area contributed by atoms with Crippen molar-refractivity contribution < 1.29 is 9.47 Å². The lowest BCUT2D eigenvalue weighted by molar-refractivity contribution is 0.174. The fourth-order valence-electron chi connectivity index (χ4n) is 2.00. The minimum atomic E-state index is -0.120. The van der Waals surface area contributed by atoms with Crippen molar-refractivity contribution in [3.63, 3.8) is 0 Å². The van der Waals surface area contributed by atoms with Crippen molar-refractivity contribution >= 4 is 11.3 Å². The topological polar surface area (TPSA) is 44.5 Å². The van der Waals surface area contributed by atoms with Crippen LogP contribution in [-0.4, -0.2) is 13.2 Å². The summed E-state index contributed by atoms with van der Waals surface area (Å²) in [5.74, 6) is 1.57. The third kappa shape index (κ3) is 3.52. The van der Waals surface area contributed by atoms with E-state index in [2.05, 4.69) is 26.0 Å². The van der Waals surface area contributed by atoms with Gasteiger partial charge in [0.2, 0.25) is 0 Å². The van der Waals surface area contributed by atoms with Crippen molar-refractivity contribution in [1.29, 1.82) is 0 Å². The number of aryl methyl sites for hydroxylation is 1. The molecule has 2 aromatic rings. The molecule has 0 aliphatic heterocycles. The lowest BCUT2D eigenvalue weighted by atomic mass is 10.1. The molecular weight excluding hydrogens is 270 g/mol. The fourth-order valence-corrected chi connectivity index (χ4v) is 2.98. The molecule has 0 amide bonds. The number of methoxy groups -OCH3 is 1. The Bertz CT molecular complexity index is 553. The van der Waals surface area contributed by atoms with Crippen LogP contribution in [0.5, 0.6) is 11.5 Å². The van der Waals surface area contributed by atoms with Gasteiger partial charge in [-0.05, 0) is 37.6 Å². The Hall–Kier alpha value is -1.52. The van der Waals surface area contributed by atoms with Gasteiger partial charge in [0, 0.05) is 21.9 Å². The SMILES string of the molecule is CCC(N)C(Oc1cccc(OC)c1)c1ccc(C)s1. The summed E-state index contributed by atoms with van der Waals surface area (Å²) in [5, 5.41) is 0. The zero-order chi connectivity index (χ0) is 14.5. The van der Waals surface area contributed by atoms with Crippen LogP contribution in [0, 0.1) is 6.92 Å². The van der Waals surface area contributed by atoms with Crippen LogP contribution in [0.4, 0.5) is 0 Å². The van der Waals surface area contributed by atoms with Crippen molar-refractivity contribution in [2.24, 2.45) is 5.73 Å². The highest BCUT2D eigenvalue weighted by Gasteiger charge is 2.22. The Kier molecular flexibility index (Phi) is 5.04. The molecule has 0 aliphatic carbocycles. The van der Waals surface area contributed by atoms with Crippen molar-refractivity contribution in [2.45, 2.75) is 32.4 Å². The van der Waals surface area contributed by atoms with E-state index >= 15 is 0 Å². The van der Waals surface area contributed by atoms with Gasteiger partial charge in [0.25, 0.3) is 0 Å². The van der Waals surface area contributed by atoms with E-state index in [1.165, 1.54) is 9.75 Å². The fraction of sp³-hybridized carbons (Fsp3) is 0.375. The second-order valence-corrected chi connectivity index (χ2v) is 6.06. The molecule has 0 bridgehead atoms. The number of ether oxygens (including phenoxy) is 2. The molecule has 3 nitrogen and oxygen atoms in total. The maximum Gasteiger partial charge on any atom is 0.148 e. The predicted molar refractivity (Wildman–Crippen MR) is 83.7 cm³/mol. The average molecular weight is 291 g/mol. The number of nitrogens with two attached hydrogens (primary N) is 1. The van der Waals surface area contributed by atoms with Gasteiger partial charge in [-0.3, -0.25) is 0 Å². The normalized spacial score (nSPS) is 13.8. The monoisotopic (exact) mass is 291 g/mol.